The zero-order chi connectivity index (χ0) is 19.5. The average Bonchev–Trinajstić information content (AvgIpc) is 2.85. The van der Waals surface area contributed by atoms with E-state index in [1.165, 1.54) is 0 Å². The molecule has 0 radical (unpaired) electrons. The molecule has 1 aliphatic heterocycles. The molecule has 1 aliphatic rings. The quantitative estimate of drug-likeness (QED) is 0.685. The van der Waals surface area contributed by atoms with Crippen LogP contribution in [0.2, 0.25) is 0 Å². The number of alkyl halides is 3. The second kappa shape index (κ2) is 7.48. The normalized spacial score (nSPS) is 19.1. The summed E-state index contributed by atoms with van der Waals surface area (Å²) in [6.07, 6.45) is -3.95. The number of nitrogens with one attached hydrogen (secondary N) is 1. The highest BCUT2D eigenvalue weighted by atomic mass is 32.2. The van der Waals surface area contributed by atoms with E-state index in [4.69, 9.17) is 0 Å². The molecule has 1 amide bonds. The summed E-state index contributed by atoms with van der Waals surface area (Å²) < 4.78 is 65.5. The molecule has 8 nitrogen and oxygen atoms in total. The van der Waals surface area contributed by atoms with Crippen molar-refractivity contribution in [2.75, 3.05) is 18.1 Å². The number of hydrogen-bond acceptors (Lipinski definition) is 6. The second-order valence-electron chi connectivity index (χ2n) is 5.71. The lowest BCUT2D eigenvalue weighted by Gasteiger charge is -2.12. The lowest BCUT2D eigenvalue weighted by Crippen LogP contribution is -2.38. The van der Waals surface area contributed by atoms with Crippen molar-refractivity contribution in [3.63, 3.8) is 0 Å². The van der Waals surface area contributed by atoms with Crippen LogP contribution >= 0.6 is 0 Å². The first-order chi connectivity index (χ1) is 12.0. The van der Waals surface area contributed by atoms with Crippen LogP contribution < -0.4 is 10.9 Å². The number of sulfone groups is 1. The molecular weight excluding hydrogens is 381 g/mol. The summed E-state index contributed by atoms with van der Waals surface area (Å²) in [6, 6.07) is 0.689. The number of hydrogen-bond donors (Lipinski definition) is 1. The van der Waals surface area contributed by atoms with Crippen LogP contribution in [0.5, 0.6) is 0 Å². The third kappa shape index (κ3) is 5.58. The molecule has 26 heavy (non-hydrogen) atoms. The molecule has 1 aromatic heterocycles. The SMILES string of the molecule is O=C(COC(=O)Cn1cc(C(F)(F)F)ccc1=O)N[C@@H]1CCS(=O)(=O)C1. The van der Waals surface area contributed by atoms with E-state index < -0.39 is 58.2 Å². The number of amides is 1. The van der Waals surface area contributed by atoms with Gasteiger partial charge >= 0.3 is 12.1 Å². The number of halogens is 3. The fraction of sp³-hybridized carbons (Fsp3) is 0.500. The van der Waals surface area contributed by atoms with Crippen molar-refractivity contribution in [2.45, 2.75) is 25.2 Å². The van der Waals surface area contributed by atoms with Crippen LogP contribution in [0.4, 0.5) is 13.2 Å². The number of carbonyl (C=O) groups is 2. The maximum Gasteiger partial charge on any atom is 0.417 e. The van der Waals surface area contributed by atoms with Crippen LogP contribution in [0, 0.1) is 0 Å². The van der Waals surface area contributed by atoms with E-state index in [0.29, 0.717) is 22.9 Å². The third-order valence-electron chi connectivity index (χ3n) is 3.57. The Morgan fingerprint density at radius 3 is 2.58 bits per heavy atom. The molecule has 0 aliphatic carbocycles. The average molecular weight is 396 g/mol. The molecule has 1 saturated heterocycles. The Bertz CT molecular complexity index is 862. The molecule has 0 aromatic carbocycles. The van der Waals surface area contributed by atoms with Crippen LogP contribution in [0.3, 0.4) is 0 Å². The first-order valence-electron chi connectivity index (χ1n) is 7.39. The maximum absolute atomic E-state index is 12.6. The molecule has 144 valence electrons. The van der Waals surface area contributed by atoms with Crippen LogP contribution in [0.1, 0.15) is 12.0 Å². The number of pyridine rings is 1. The van der Waals surface area contributed by atoms with Crippen molar-refractivity contribution < 1.29 is 35.9 Å². The van der Waals surface area contributed by atoms with E-state index in [-0.39, 0.29) is 17.9 Å². The minimum Gasteiger partial charge on any atom is -0.454 e. The van der Waals surface area contributed by atoms with Crippen molar-refractivity contribution in [3.05, 3.63) is 34.2 Å². The minimum atomic E-state index is -4.68. The van der Waals surface area contributed by atoms with E-state index in [9.17, 15) is 36.0 Å². The molecule has 1 aromatic rings. The standard InChI is InChI=1S/C14H15F3N2O6S/c15-14(16,17)9-1-2-12(21)19(5-9)6-13(22)25-7-11(20)18-10-3-4-26(23,24)8-10/h1-2,5,10H,3-4,6-8H2,(H,18,20)/t10-/m1/s1. The summed E-state index contributed by atoms with van der Waals surface area (Å²) >= 11 is 0. The number of aromatic nitrogens is 1. The monoisotopic (exact) mass is 396 g/mol. The first-order valence-corrected chi connectivity index (χ1v) is 9.21. The summed E-state index contributed by atoms with van der Waals surface area (Å²) in [5.74, 6) is -2.07. The lowest BCUT2D eigenvalue weighted by molar-refractivity contribution is -0.149. The first kappa shape index (κ1) is 19.9. The van der Waals surface area contributed by atoms with Crippen molar-refractivity contribution in [3.8, 4) is 0 Å². The Morgan fingerprint density at radius 1 is 1.31 bits per heavy atom. The molecule has 1 atom stereocenters. The topological polar surface area (TPSA) is 112 Å². The largest absolute Gasteiger partial charge is 0.454 e. The van der Waals surface area contributed by atoms with E-state index >= 15 is 0 Å². The zero-order valence-corrected chi connectivity index (χ0v) is 14.1. The van der Waals surface area contributed by atoms with E-state index in [1.54, 1.807) is 0 Å². The summed E-state index contributed by atoms with van der Waals surface area (Å²) in [5.41, 5.74) is -1.94. The maximum atomic E-state index is 12.6. The summed E-state index contributed by atoms with van der Waals surface area (Å²) in [5, 5.41) is 2.38. The number of carbonyl (C=O) groups excluding carboxylic acids is 2. The van der Waals surface area contributed by atoms with E-state index in [1.807, 2.05) is 0 Å². The number of ether oxygens (including phenoxy) is 1. The summed E-state index contributed by atoms with van der Waals surface area (Å²) in [6.45, 7) is -1.53. The van der Waals surface area contributed by atoms with Gasteiger partial charge in [0.1, 0.15) is 6.54 Å². The molecule has 0 spiro atoms. The molecule has 2 heterocycles. The van der Waals surface area contributed by atoms with Gasteiger partial charge in [-0.05, 0) is 12.5 Å². The van der Waals surface area contributed by atoms with Gasteiger partial charge in [0.15, 0.2) is 16.4 Å². The van der Waals surface area contributed by atoms with Crippen LogP contribution in [0.25, 0.3) is 0 Å². The molecule has 12 heteroatoms. The van der Waals surface area contributed by atoms with Gasteiger partial charge in [-0.2, -0.15) is 13.2 Å². The van der Waals surface area contributed by atoms with Gasteiger partial charge < -0.3 is 14.6 Å². The predicted octanol–water partition coefficient (Wildman–Crippen LogP) is -0.286. The van der Waals surface area contributed by atoms with E-state index in [0.717, 1.165) is 0 Å². The number of nitrogens with zero attached hydrogens (tertiary/aromatic N) is 1. The second-order valence-corrected chi connectivity index (χ2v) is 7.94. The van der Waals surface area contributed by atoms with Crippen LogP contribution in [-0.4, -0.2) is 49.0 Å². The summed E-state index contributed by atoms with van der Waals surface area (Å²) in [7, 11) is -3.19. The molecular formula is C14H15F3N2O6S. The van der Waals surface area contributed by atoms with Crippen molar-refractivity contribution >= 4 is 21.7 Å². The molecule has 0 unspecified atom stereocenters. The minimum absolute atomic E-state index is 0.0454. The highest BCUT2D eigenvalue weighted by molar-refractivity contribution is 7.91. The number of esters is 1. The smallest absolute Gasteiger partial charge is 0.417 e. The Hall–Kier alpha value is -2.37. The molecule has 2 rings (SSSR count). The fourth-order valence-electron chi connectivity index (χ4n) is 2.33. The Labute approximate surface area is 145 Å². The van der Waals surface area contributed by atoms with Crippen LogP contribution in [0.15, 0.2) is 23.1 Å². The molecule has 0 bridgehead atoms. The molecule has 0 saturated carbocycles. The van der Waals surface area contributed by atoms with Crippen molar-refractivity contribution in [1.82, 2.24) is 9.88 Å². The van der Waals surface area contributed by atoms with Gasteiger partial charge in [-0.3, -0.25) is 14.4 Å². The van der Waals surface area contributed by atoms with E-state index in [2.05, 4.69) is 10.1 Å². The highest BCUT2D eigenvalue weighted by Gasteiger charge is 2.31. The summed E-state index contributed by atoms with van der Waals surface area (Å²) in [4.78, 5) is 34.8. The van der Waals surface area contributed by atoms with Gasteiger partial charge in [-0.1, -0.05) is 0 Å². The van der Waals surface area contributed by atoms with Crippen molar-refractivity contribution in [2.24, 2.45) is 0 Å². The van der Waals surface area contributed by atoms with Crippen molar-refractivity contribution in [1.29, 1.82) is 0 Å². The lowest BCUT2D eigenvalue weighted by atomic mass is 10.2. The Kier molecular flexibility index (Phi) is 5.74. The van der Waals surface area contributed by atoms with Gasteiger partial charge in [0.05, 0.1) is 17.1 Å². The van der Waals surface area contributed by atoms with Crippen LogP contribution in [-0.2, 0) is 36.9 Å². The Morgan fingerprint density at radius 2 is 2.00 bits per heavy atom. The Balaban J connectivity index is 1.87. The third-order valence-corrected chi connectivity index (χ3v) is 5.34. The van der Waals surface area contributed by atoms with Gasteiger partial charge in [-0.25, -0.2) is 8.42 Å². The van der Waals surface area contributed by atoms with Gasteiger partial charge in [0.25, 0.3) is 11.5 Å². The number of rotatable bonds is 5. The van der Waals surface area contributed by atoms with Gasteiger partial charge in [0, 0.05) is 18.3 Å². The molecule has 1 N–H and O–H groups in total. The van der Waals surface area contributed by atoms with Gasteiger partial charge in [0.2, 0.25) is 0 Å². The zero-order valence-electron chi connectivity index (χ0n) is 13.3. The fourth-order valence-corrected chi connectivity index (χ4v) is 4.00. The molecule has 1 fully saturated rings. The predicted molar refractivity (Wildman–Crippen MR) is 81.9 cm³/mol. The van der Waals surface area contributed by atoms with Gasteiger partial charge in [-0.15, -0.1) is 0 Å². The highest BCUT2D eigenvalue weighted by Crippen LogP contribution is 2.27.